The molecule has 0 bridgehead atoms. The highest BCUT2D eigenvalue weighted by atomic mass is 32.2. The second kappa shape index (κ2) is 8.65. The second-order valence-electron chi connectivity index (χ2n) is 5.78. The van der Waals surface area contributed by atoms with E-state index in [4.69, 9.17) is 4.42 Å². The fourth-order valence-corrected chi connectivity index (χ4v) is 3.06. The number of benzene rings is 2. The second-order valence-corrected chi connectivity index (χ2v) is 6.71. The van der Waals surface area contributed by atoms with Gasteiger partial charge in [-0.2, -0.15) is 15.0 Å². The third kappa shape index (κ3) is 4.66. The van der Waals surface area contributed by atoms with Crippen molar-refractivity contribution in [2.45, 2.75) is 11.0 Å². The van der Waals surface area contributed by atoms with Crippen LogP contribution in [0.3, 0.4) is 0 Å². The van der Waals surface area contributed by atoms with Gasteiger partial charge >= 0.3 is 0 Å². The molecule has 0 radical (unpaired) electrons. The van der Waals surface area contributed by atoms with Crippen LogP contribution in [0, 0.1) is 5.82 Å². The van der Waals surface area contributed by atoms with Crippen LogP contribution in [0.1, 0.15) is 5.82 Å². The number of hydrogen-bond acceptors (Lipinski definition) is 9. The summed E-state index contributed by atoms with van der Waals surface area (Å²) in [6.45, 7) is 0. The van der Waals surface area contributed by atoms with Crippen LogP contribution in [0.2, 0.25) is 0 Å². The van der Waals surface area contributed by atoms with Crippen molar-refractivity contribution in [2.24, 2.45) is 0 Å². The summed E-state index contributed by atoms with van der Waals surface area (Å²) < 4.78 is 19.4. The van der Waals surface area contributed by atoms with Gasteiger partial charge in [0.05, 0.1) is 11.3 Å². The zero-order valence-corrected chi connectivity index (χ0v) is 16.2. The minimum atomic E-state index is -0.416. The van der Waals surface area contributed by atoms with Gasteiger partial charge in [0.2, 0.25) is 11.9 Å². The van der Waals surface area contributed by atoms with E-state index in [1.807, 2.05) is 30.3 Å². The summed E-state index contributed by atoms with van der Waals surface area (Å²) in [4.78, 5) is 13.1. The Bertz CT molecular complexity index is 1110. The molecular formula is C19H16FN7OS. The molecule has 0 aliphatic rings. The van der Waals surface area contributed by atoms with Crippen LogP contribution in [0.4, 0.5) is 22.0 Å². The Kier molecular flexibility index (Phi) is 5.61. The van der Waals surface area contributed by atoms with E-state index in [2.05, 4.69) is 35.8 Å². The van der Waals surface area contributed by atoms with Gasteiger partial charge in [-0.3, -0.25) is 0 Å². The molecule has 2 aromatic heterocycles. The van der Waals surface area contributed by atoms with Gasteiger partial charge in [0.1, 0.15) is 11.6 Å². The Morgan fingerprint density at radius 1 is 0.931 bits per heavy atom. The molecule has 0 atom stereocenters. The lowest BCUT2D eigenvalue weighted by molar-refractivity contribution is 0.462. The van der Waals surface area contributed by atoms with Crippen molar-refractivity contribution in [3.63, 3.8) is 0 Å². The normalized spacial score (nSPS) is 10.7. The van der Waals surface area contributed by atoms with E-state index in [0.29, 0.717) is 28.7 Å². The SMILES string of the molecule is CNc1nc(CSc2nnc(-c3ccccc3F)o2)nc(Nc2ccccc2)n1. The van der Waals surface area contributed by atoms with Gasteiger partial charge in [-0.15, -0.1) is 10.2 Å². The predicted octanol–water partition coefficient (Wildman–Crippen LogP) is 4.14. The molecule has 0 saturated carbocycles. The number of hydrogen-bond donors (Lipinski definition) is 2. The molecule has 4 aromatic rings. The smallest absolute Gasteiger partial charge is 0.277 e. The van der Waals surface area contributed by atoms with E-state index in [1.54, 1.807) is 25.2 Å². The Hall–Kier alpha value is -3.53. The van der Waals surface area contributed by atoms with Crippen LogP contribution < -0.4 is 10.6 Å². The Morgan fingerprint density at radius 3 is 2.48 bits per heavy atom. The molecule has 2 N–H and O–H groups in total. The molecule has 0 aliphatic heterocycles. The van der Waals surface area contributed by atoms with Crippen LogP contribution >= 0.6 is 11.8 Å². The molecule has 10 heteroatoms. The van der Waals surface area contributed by atoms with Crippen LogP contribution in [-0.2, 0) is 5.75 Å². The molecule has 0 unspecified atom stereocenters. The summed E-state index contributed by atoms with van der Waals surface area (Å²) in [6, 6.07) is 15.8. The molecule has 0 amide bonds. The molecule has 2 heterocycles. The van der Waals surface area contributed by atoms with Crippen LogP contribution in [0.15, 0.2) is 64.2 Å². The maximum absolute atomic E-state index is 13.9. The minimum absolute atomic E-state index is 0.128. The fourth-order valence-electron chi connectivity index (χ4n) is 2.44. The van der Waals surface area contributed by atoms with Crippen molar-refractivity contribution >= 4 is 29.3 Å². The molecule has 0 fully saturated rings. The van der Waals surface area contributed by atoms with Crippen molar-refractivity contribution in [3.05, 3.63) is 66.2 Å². The van der Waals surface area contributed by atoms with Gasteiger partial charge in [0.25, 0.3) is 11.1 Å². The molecule has 146 valence electrons. The van der Waals surface area contributed by atoms with Gasteiger partial charge in [-0.25, -0.2) is 4.39 Å². The first-order valence-corrected chi connectivity index (χ1v) is 9.66. The third-order valence-corrected chi connectivity index (χ3v) is 4.59. The first-order valence-electron chi connectivity index (χ1n) is 8.67. The number of nitrogens with zero attached hydrogens (tertiary/aromatic N) is 5. The number of nitrogens with one attached hydrogen (secondary N) is 2. The molecule has 2 aromatic carbocycles. The summed E-state index contributed by atoms with van der Waals surface area (Å²) in [6.07, 6.45) is 0. The van der Waals surface area contributed by atoms with Crippen molar-refractivity contribution in [2.75, 3.05) is 17.7 Å². The Balaban J connectivity index is 1.48. The number of thioether (sulfide) groups is 1. The number of anilines is 3. The summed E-state index contributed by atoms with van der Waals surface area (Å²) >= 11 is 1.26. The topological polar surface area (TPSA) is 102 Å². The standard InChI is InChI=1S/C19H16FN7OS/c1-21-17-23-15(24-18(25-17)22-12-7-3-2-4-8-12)11-29-19-27-26-16(28-19)13-9-5-6-10-14(13)20/h2-10H,11H2,1H3,(H2,21,22,23,24,25). The highest BCUT2D eigenvalue weighted by molar-refractivity contribution is 7.98. The number of halogens is 1. The van der Waals surface area contributed by atoms with E-state index in [-0.39, 0.29) is 11.5 Å². The zero-order valence-electron chi connectivity index (χ0n) is 15.3. The molecule has 29 heavy (non-hydrogen) atoms. The van der Waals surface area contributed by atoms with Gasteiger partial charge in [-0.05, 0) is 24.3 Å². The molecule has 0 spiro atoms. The van der Waals surface area contributed by atoms with Crippen LogP contribution in [-0.4, -0.2) is 32.2 Å². The zero-order chi connectivity index (χ0) is 20.1. The maximum atomic E-state index is 13.9. The largest absolute Gasteiger partial charge is 0.411 e. The number of para-hydroxylation sites is 1. The monoisotopic (exact) mass is 409 g/mol. The van der Waals surface area contributed by atoms with E-state index in [1.165, 1.54) is 17.8 Å². The number of aromatic nitrogens is 5. The van der Waals surface area contributed by atoms with Gasteiger partial charge in [0.15, 0.2) is 0 Å². The summed E-state index contributed by atoms with van der Waals surface area (Å²) in [7, 11) is 1.73. The number of rotatable bonds is 7. The van der Waals surface area contributed by atoms with E-state index in [0.717, 1.165) is 5.69 Å². The van der Waals surface area contributed by atoms with E-state index < -0.39 is 5.82 Å². The van der Waals surface area contributed by atoms with Crippen molar-refractivity contribution in [3.8, 4) is 11.5 Å². The first-order chi connectivity index (χ1) is 14.2. The molecule has 0 aliphatic carbocycles. The fraction of sp³-hybridized carbons (Fsp3) is 0.105. The highest BCUT2D eigenvalue weighted by Gasteiger charge is 2.14. The Labute approximate surface area is 170 Å². The van der Waals surface area contributed by atoms with Crippen molar-refractivity contribution in [1.29, 1.82) is 0 Å². The Morgan fingerprint density at radius 2 is 1.69 bits per heavy atom. The summed E-state index contributed by atoms with van der Waals surface area (Å²) in [5.41, 5.74) is 1.13. The van der Waals surface area contributed by atoms with E-state index >= 15 is 0 Å². The molecule has 0 saturated heterocycles. The minimum Gasteiger partial charge on any atom is -0.411 e. The predicted molar refractivity (Wildman–Crippen MR) is 108 cm³/mol. The van der Waals surface area contributed by atoms with Crippen molar-refractivity contribution in [1.82, 2.24) is 25.1 Å². The molecular weight excluding hydrogens is 393 g/mol. The lowest BCUT2D eigenvalue weighted by atomic mass is 10.2. The van der Waals surface area contributed by atoms with Crippen LogP contribution in [0.5, 0.6) is 0 Å². The van der Waals surface area contributed by atoms with Gasteiger partial charge < -0.3 is 15.1 Å². The maximum Gasteiger partial charge on any atom is 0.277 e. The quantitative estimate of drug-likeness (QED) is 0.436. The average molecular weight is 409 g/mol. The summed E-state index contributed by atoms with van der Waals surface area (Å²) in [5, 5.41) is 14.2. The lowest BCUT2D eigenvalue weighted by Gasteiger charge is -2.08. The summed E-state index contributed by atoms with van der Waals surface area (Å²) in [5.74, 6) is 1.47. The first kappa shape index (κ1) is 18.8. The average Bonchev–Trinajstić information content (AvgIpc) is 3.22. The van der Waals surface area contributed by atoms with Gasteiger partial charge in [0, 0.05) is 12.7 Å². The molecule has 8 nitrogen and oxygen atoms in total. The molecule has 4 rings (SSSR count). The van der Waals surface area contributed by atoms with Crippen LogP contribution in [0.25, 0.3) is 11.5 Å². The highest BCUT2D eigenvalue weighted by Crippen LogP contribution is 2.27. The van der Waals surface area contributed by atoms with Gasteiger partial charge in [-0.1, -0.05) is 42.1 Å². The van der Waals surface area contributed by atoms with E-state index in [9.17, 15) is 4.39 Å². The van der Waals surface area contributed by atoms with Crippen molar-refractivity contribution < 1.29 is 8.81 Å². The lowest BCUT2D eigenvalue weighted by Crippen LogP contribution is -2.06. The third-order valence-electron chi connectivity index (χ3n) is 3.77.